The summed E-state index contributed by atoms with van der Waals surface area (Å²) in [5, 5.41) is 0. The van der Waals surface area contributed by atoms with E-state index in [0.717, 1.165) is 11.3 Å². The third-order valence-electron chi connectivity index (χ3n) is 4.84. The largest absolute Gasteiger partial charge is 0.490 e. The number of aromatic amines is 1. The fraction of sp³-hybridized carbons (Fsp3) is 0.364. The van der Waals surface area contributed by atoms with E-state index in [0.29, 0.717) is 35.7 Å². The number of Topliss-reactive ketones (excluding diaryl/α,β-unsaturated/α-hetero) is 1. The highest BCUT2D eigenvalue weighted by atomic mass is 16.5. The Balaban J connectivity index is 2.10. The molecule has 0 saturated carbocycles. The predicted molar refractivity (Wildman–Crippen MR) is 109 cm³/mol. The van der Waals surface area contributed by atoms with E-state index in [4.69, 9.17) is 9.47 Å². The molecule has 2 aromatic rings. The minimum absolute atomic E-state index is 0.0656. The molecule has 1 N–H and O–H groups in total. The van der Waals surface area contributed by atoms with Gasteiger partial charge in [-0.1, -0.05) is 24.8 Å². The molecule has 0 aliphatic heterocycles. The number of hydrogen-bond donors (Lipinski definition) is 1. The number of aryl methyl sites for hydroxylation is 1. The van der Waals surface area contributed by atoms with Crippen LogP contribution >= 0.6 is 0 Å². The summed E-state index contributed by atoms with van der Waals surface area (Å²) in [5.41, 5.74) is 3.21. The average molecular weight is 384 g/mol. The Hall–Kier alpha value is -2.86. The Bertz CT molecular complexity index is 852. The van der Waals surface area contributed by atoms with Gasteiger partial charge in [0.15, 0.2) is 5.78 Å². The number of methoxy groups -OCH3 is 1. The monoisotopic (exact) mass is 384 g/mol. The first kappa shape index (κ1) is 21.4. The van der Waals surface area contributed by atoms with Crippen LogP contribution in [0.4, 0.5) is 0 Å². The molecule has 150 valence electrons. The molecule has 0 unspecified atom stereocenters. The van der Waals surface area contributed by atoms with E-state index in [-0.39, 0.29) is 11.8 Å². The topological polar surface area (TPSA) is 71.6 Å². The lowest BCUT2D eigenvalue weighted by Gasteiger charge is -2.23. The van der Waals surface area contributed by atoms with Gasteiger partial charge in [0.05, 0.1) is 24.4 Å². The lowest BCUT2D eigenvalue weighted by molar-refractivity contribution is 0.0599. The van der Waals surface area contributed by atoms with Crippen LogP contribution in [0, 0.1) is 13.8 Å². The number of carbonyl (C=O) groups excluding carboxylic acids is 2. The van der Waals surface area contributed by atoms with Gasteiger partial charge in [0.25, 0.3) is 0 Å². The van der Waals surface area contributed by atoms with Gasteiger partial charge in [0.2, 0.25) is 0 Å². The van der Waals surface area contributed by atoms with Crippen molar-refractivity contribution >= 4 is 11.8 Å². The molecule has 0 fully saturated rings. The Morgan fingerprint density at radius 1 is 1.25 bits per heavy atom. The Morgan fingerprint density at radius 2 is 1.89 bits per heavy atom. The first-order valence-corrected chi connectivity index (χ1v) is 9.14. The second-order valence-electron chi connectivity index (χ2n) is 6.82. The lowest BCUT2D eigenvalue weighted by atomic mass is 10.0. The van der Waals surface area contributed by atoms with E-state index in [1.165, 1.54) is 7.11 Å². The summed E-state index contributed by atoms with van der Waals surface area (Å²) in [7, 11) is 3.23. The molecule has 0 saturated heterocycles. The number of esters is 1. The number of benzene rings is 1. The van der Waals surface area contributed by atoms with Gasteiger partial charge in [-0.05, 0) is 51.1 Å². The maximum Gasteiger partial charge on any atom is 0.339 e. The molecule has 1 atom stereocenters. The van der Waals surface area contributed by atoms with Gasteiger partial charge in [-0.15, -0.1) is 0 Å². The number of aromatic nitrogens is 1. The van der Waals surface area contributed by atoms with Crippen LogP contribution in [0.3, 0.4) is 0 Å². The highest BCUT2D eigenvalue weighted by Gasteiger charge is 2.27. The fourth-order valence-electron chi connectivity index (χ4n) is 3.08. The SMILES string of the molecule is C=CCOc1ccc(CN(C)[C@@H](C)C(=O)c2[nH]c(C)c(C(=O)OC)c2C)cc1. The van der Waals surface area contributed by atoms with E-state index in [2.05, 4.69) is 11.6 Å². The summed E-state index contributed by atoms with van der Waals surface area (Å²) < 4.78 is 10.3. The number of rotatable bonds is 9. The first-order chi connectivity index (χ1) is 13.3. The number of H-pyrrole nitrogens is 1. The van der Waals surface area contributed by atoms with Gasteiger partial charge in [-0.2, -0.15) is 0 Å². The van der Waals surface area contributed by atoms with Gasteiger partial charge >= 0.3 is 5.97 Å². The second kappa shape index (κ2) is 9.37. The van der Waals surface area contributed by atoms with E-state index in [1.54, 1.807) is 19.9 Å². The Labute approximate surface area is 166 Å². The van der Waals surface area contributed by atoms with Gasteiger partial charge in [0.1, 0.15) is 12.4 Å². The van der Waals surface area contributed by atoms with Crippen molar-refractivity contribution in [1.29, 1.82) is 0 Å². The molecule has 1 aromatic heterocycles. The molecule has 1 aromatic carbocycles. The van der Waals surface area contributed by atoms with Crippen molar-refractivity contribution in [3.8, 4) is 5.75 Å². The van der Waals surface area contributed by atoms with Crippen LogP contribution in [0.1, 0.15) is 44.6 Å². The summed E-state index contributed by atoms with van der Waals surface area (Å²) in [6, 6.07) is 7.40. The number of likely N-dealkylation sites (N-methyl/N-ethyl adjacent to an activating group) is 1. The van der Waals surface area contributed by atoms with Crippen molar-refractivity contribution in [2.24, 2.45) is 0 Å². The van der Waals surface area contributed by atoms with Gasteiger partial charge < -0.3 is 14.5 Å². The highest BCUT2D eigenvalue weighted by molar-refractivity contribution is 6.03. The molecular formula is C22H28N2O4. The standard InChI is InChI=1S/C22H28N2O4/c1-7-12-28-18-10-8-17(9-11-18)13-24(5)16(4)21(25)20-14(2)19(15(3)23-20)22(26)27-6/h7-11,16,23H,1,12-13H2,2-6H3/t16-/m0/s1. The van der Waals surface area contributed by atoms with Crippen molar-refractivity contribution < 1.29 is 19.1 Å². The van der Waals surface area contributed by atoms with Crippen LogP contribution in [0.15, 0.2) is 36.9 Å². The minimum Gasteiger partial charge on any atom is -0.490 e. The minimum atomic E-state index is -0.440. The quantitative estimate of drug-likeness (QED) is 0.406. The molecule has 28 heavy (non-hydrogen) atoms. The summed E-state index contributed by atoms with van der Waals surface area (Å²) >= 11 is 0. The van der Waals surface area contributed by atoms with E-state index < -0.39 is 5.97 Å². The number of hydrogen-bond acceptors (Lipinski definition) is 5. The summed E-state index contributed by atoms with van der Waals surface area (Å²) in [6.45, 7) is 10.1. The number of ketones is 1. The molecular weight excluding hydrogens is 356 g/mol. The molecule has 2 rings (SSSR count). The highest BCUT2D eigenvalue weighted by Crippen LogP contribution is 2.22. The summed E-state index contributed by atoms with van der Waals surface area (Å²) in [6.07, 6.45) is 1.70. The molecule has 0 bridgehead atoms. The molecule has 0 aliphatic rings. The van der Waals surface area contributed by atoms with Crippen LogP contribution in [-0.2, 0) is 11.3 Å². The normalized spacial score (nSPS) is 11.9. The van der Waals surface area contributed by atoms with Crippen molar-refractivity contribution in [2.45, 2.75) is 33.4 Å². The third-order valence-corrected chi connectivity index (χ3v) is 4.84. The molecule has 0 spiro atoms. The van der Waals surface area contributed by atoms with Crippen molar-refractivity contribution in [1.82, 2.24) is 9.88 Å². The van der Waals surface area contributed by atoms with Crippen LogP contribution in [0.2, 0.25) is 0 Å². The number of nitrogens with zero attached hydrogens (tertiary/aromatic N) is 1. The number of ether oxygens (including phenoxy) is 2. The zero-order chi connectivity index (χ0) is 20.8. The molecule has 0 radical (unpaired) electrons. The zero-order valence-electron chi connectivity index (χ0n) is 17.2. The molecule has 6 nitrogen and oxygen atoms in total. The molecule has 0 aliphatic carbocycles. The van der Waals surface area contributed by atoms with Gasteiger partial charge in [0, 0.05) is 12.2 Å². The third kappa shape index (κ3) is 4.70. The number of nitrogens with one attached hydrogen (secondary N) is 1. The molecule has 1 heterocycles. The summed E-state index contributed by atoms with van der Waals surface area (Å²) in [5.74, 6) is 0.275. The predicted octanol–water partition coefficient (Wildman–Crippen LogP) is 3.69. The maximum absolute atomic E-state index is 13.0. The van der Waals surface area contributed by atoms with Crippen LogP contribution in [0.25, 0.3) is 0 Å². The molecule has 0 amide bonds. The zero-order valence-corrected chi connectivity index (χ0v) is 17.2. The average Bonchev–Trinajstić information content (AvgIpc) is 2.99. The van der Waals surface area contributed by atoms with Crippen LogP contribution in [-0.4, -0.2) is 48.4 Å². The van der Waals surface area contributed by atoms with Crippen molar-refractivity contribution in [3.05, 3.63) is 65.0 Å². The van der Waals surface area contributed by atoms with Crippen LogP contribution < -0.4 is 4.74 Å². The maximum atomic E-state index is 13.0. The van der Waals surface area contributed by atoms with Crippen molar-refractivity contribution in [3.63, 3.8) is 0 Å². The fourth-order valence-corrected chi connectivity index (χ4v) is 3.08. The van der Waals surface area contributed by atoms with E-state index in [1.807, 2.05) is 43.1 Å². The molecule has 6 heteroatoms. The summed E-state index contributed by atoms with van der Waals surface area (Å²) in [4.78, 5) is 30.0. The van der Waals surface area contributed by atoms with Crippen molar-refractivity contribution in [2.75, 3.05) is 20.8 Å². The van der Waals surface area contributed by atoms with Gasteiger partial charge in [-0.25, -0.2) is 4.79 Å². The van der Waals surface area contributed by atoms with Gasteiger partial charge in [-0.3, -0.25) is 9.69 Å². The lowest BCUT2D eigenvalue weighted by Crippen LogP contribution is -2.36. The number of carbonyl (C=O) groups is 2. The van der Waals surface area contributed by atoms with E-state index in [9.17, 15) is 9.59 Å². The smallest absolute Gasteiger partial charge is 0.339 e. The first-order valence-electron chi connectivity index (χ1n) is 9.14. The van der Waals surface area contributed by atoms with E-state index >= 15 is 0 Å². The van der Waals surface area contributed by atoms with Crippen LogP contribution in [0.5, 0.6) is 5.75 Å². The Morgan fingerprint density at radius 3 is 2.46 bits per heavy atom. The second-order valence-corrected chi connectivity index (χ2v) is 6.82. The Kier molecular flexibility index (Phi) is 7.18.